The van der Waals surface area contributed by atoms with Gasteiger partial charge in [0.15, 0.2) is 11.5 Å². The molecule has 0 atom stereocenters. The van der Waals surface area contributed by atoms with Crippen molar-refractivity contribution in [2.24, 2.45) is 5.92 Å². The molecule has 1 heterocycles. The number of allylic oxidation sites excluding steroid dienone is 3. The van der Waals surface area contributed by atoms with Crippen LogP contribution in [0.25, 0.3) is 0 Å². The Bertz CT molecular complexity index is 316. The predicted octanol–water partition coefficient (Wildman–Crippen LogP) is 2.99. The Morgan fingerprint density at radius 3 is 2.71 bits per heavy atom. The van der Waals surface area contributed by atoms with Crippen molar-refractivity contribution in [1.29, 1.82) is 0 Å². The third-order valence-corrected chi connectivity index (χ3v) is 2.20. The molecule has 0 fully saturated rings. The molecule has 77 valence electrons. The molecule has 0 aromatic heterocycles. The van der Waals surface area contributed by atoms with Crippen LogP contribution in [0.2, 0.25) is 0 Å². The zero-order chi connectivity index (χ0) is 10.3. The number of hydrogen-bond donors (Lipinski definition) is 0. The molecule has 2 aliphatic rings. The van der Waals surface area contributed by atoms with Crippen LogP contribution in [0.5, 0.6) is 0 Å². The second kappa shape index (κ2) is 2.97. The number of ether oxygens (including phenoxy) is 2. The summed E-state index contributed by atoms with van der Waals surface area (Å²) in [4.78, 5) is 0. The molecule has 0 saturated heterocycles. The molecule has 0 aromatic carbocycles. The van der Waals surface area contributed by atoms with Crippen molar-refractivity contribution < 1.29 is 18.3 Å². The molecule has 0 unspecified atom stereocenters. The van der Waals surface area contributed by atoms with E-state index in [1.165, 1.54) is 0 Å². The summed E-state index contributed by atoms with van der Waals surface area (Å²) in [5.41, 5.74) is 0.791. The number of alkyl halides is 2. The van der Waals surface area contributed by atoms with E-state index in [-0.39, 0.29) is 17.4 Å². The smallest absolute Gasteiger partial charge is 0.399 e. The van der Waals surface area contributed by atoms with Crippen LogP contribution >= 0.6 is 0 Å². The third-order valence-electron chi connectivity index (χ3n) is 2.20. The minimum absolute atomic E-state index is 0.159. The van der Waals surface area contributed by atoms with Gasteiger partial charge in [0.2, 0.25) is 0 Å². The molecule has 1 aliphatic carbocycles. The Morgan fingerprint density at radius 2 is 2.07 bits per heavy atom. The quantitative estimate of drug-likeness (QED) is 0.649. The van der Waals surface area contributed by atoms with Gasteiger partial charge in [0.25, 0.3) is 0 Å². The Hall–Kier alpha value is -1.06. The van der Waals surface area contributed by atoms with E-state index in [1.807, 2.05) is 19.9 Å². The lowest BCUT2D eigenvalue weighted by molar-refractivity contribution is -0.336. The highest BCUT2D eigenvalue weighted by Gasteiger charge is 2.46. The van der Waals surface area contributed by atoms with Gasteiger partial charge in [-0.05, 0) is 17.9 Å². The van der Waals surface area contributed by atoms with Gasteiger partial charge in [-0.15, -0.1) is 8.78 Å². The first kappa shape index (κ1) is 9.49. The largest absolute Gasteiger partial charge is 0.585 e. The summed E-state index contributed by atoms with van der Waals surface area (Å²) in [5.74, 6) is 0.517. The Kier molecular flexibility index (Phi) is 2.01. The van der Waals surface area contributed by atoms with Gasteiger partial charge in [0.05, 0.1) is 0 Å². The van der Waals surface area contributed by atoms with Crippen molar-refractivity contribution in [2.45, 2.75) is 26.6 Å². The molecule has 14 heavy (non-hydrogen) atoms. The fourth-order valence-corrected chi connectivity index (χ4v) is 1.58. The topological polar surface area (TPSA) is 18.5 Å². The van der Waals surface area contributed by atoms with Gasteiger partial charge in [0.1, 0.15) is 0 Å². The van der Waals surface area contributed by atoms with Crippen LogP contribution in [0.4, 0.5) is 8.78 Å². The first-order chi connectivity index (χ1) is 6.49. The lowest BCUT2D eigenvalue weighted by atomic mass is 9.94. The molecule has 0 bridgehead atoms. The van der Waals surface area contributed by atoms with E-state index >= 15 is 0 Å². The molecule has 0 aromatic rings. The van der Waals surface area contributed by atoms with Gasteiger partial charge in [-0.3, -0.25) is 0 Å². The van der Waals surface area contributed by atoms with Crippen molar-refractivity contribution in [3.05, 3.63) is 29.6 Å². The predicted molar refractivity (Wildman–Crippen MR) is 46.0 cm³/mol. The minimum atomic E-state index is -3.50. The lowest BCUT2D eigenvalue weighted by Gasteiger charge is -2.15. The van der Waals surface area contributed by atoms with Crippen LogP contribution < -0.4 is 0 Å². The van der Waals surface area contributed by atoms with E-state index in [0.29, 0.717) is 6.42 Å². The first-order valence-electron chi connectivity index (χ1n) is 4.53. The van der Waals surface area contributed by atoms with E-state index in [9.17, 15) is 8.78 Å². The van der Waals surface area contributed by atoms with E-state index < -0.39 is 6.29 Å². The minimum Gasteiger partial charge on any atom is -0.399 e. The van der Waals surface area contributed by atoms with Crippen molar-refractivity contribution in [2.75, 3.05) is 0 Å². The summed E-state index contributed by atoms with van der Waals surface area (Å²) in [7, 11) is 0. The normalized spacial score (nSPS) is 24.2. The average molecular weight is 201 g/mol. The van der Waals surface area contributed by atoms with Crippen LogP contribution in [0.1, 0.15) is 20.3 Å². The van der Waals surface area contributed by atoms with E-state index in [4.69, 9.17) is 0 Å². The monoisotopic (exact) mass is 201 g/mol. The zero-order valence-corrected chi connectivity index (χ0v) is 8.01. The maximum absolute atomic E-state index is 12.7. The average Bonchev–Trinajstić information content (AvgIpc) is 2.36. The van der Waals surface area contributed by atoms with Crippen LogP contribution in [-0.4, -0.2) is 6.29 Å². The summed E-state index contributed by atoms with van der Waals surface area (Å²) in [5, 5.41) is 0. The van der Waals surface area contributed by atoms with Crippen LogP contribution in [0.15, 0.2) is 23.2 Å². The molecule has 0 N–H and O–H groups in total. The fraction of sp³-hybridized carbons (Fsp3) is 0.500. The van der Waals surface area contributed by atoms with Gasteiger partial charge in [0, 0.05) is 6.42 Å². The third kappa shape index (κ3) is 1.49. The Morgan fingerprint density at radius 1 is 1.36 bits per heavy atom. The second-order valence-corrected chi connectivity index (χ2v) is 3.61. The first-order valence-corrected chi connectivity index (χ1v) is 4.53. The van der Waals surface area contributed by atoms with Gasteiger partial charge >= 0.3 is 6.29 Å². The maximum atomic E-state index is 12.7. The fourth-order valence-electron chi connectivity index (χ4n) is 1.58. The van der Waals surface area contributed by atoms with Gasteiger partial charge < -0.3 is 9.47 Å². The summed E-state index contributed by atoms with van der Waals surface area (Å²) < 4.78 is 34.3. The molecule has 4 heteroatoms. The van der Waals surface area contributed by atoms with E-state index in [2.05, 4.69) is 9.47 Å². The SMILES string of the molecule is CC(C)C1=CC[CH]C2=C1OC(F)(F)O2. The van der Waals surface area contributed by atoms with Crippen molar-refractivity contribution >= 4 is 0 Å². The maximum Gasteiger partial charge on any atom is 0.585 e. The van der Waals surface area contributed by atoms with Crippen molar-refractivity contribution in [3.63, 3.8) is 0 Å². The molecule has 2 rings (SSSR count). The second-order valence-electron chi connectivity index (χ2n) is 3.61. The molecule has 2 nitrogen and oxygen atoms in total. The van der Waals surface area contributed by atoms with Crippen molar-refractivity contribution in [3.8, 4) is 0 Å². The van der Waals surface area contributed by atoms with Crippen LogP contribution in [0.3, 0.4) is 0 Å². The summed E-state index contributed by atoms with van der Waals surface area (Å²) in [6.07, 6.45) is 0.599. The highest BCUT2D eigenvalue weighted by atomic mass is 19.3. The van der Waals surface area contributed by atoms with E-state index in [1.54, 1.807) is 6.42 Å². The summed E-state index contributed by atoms with van der Waals surface area (Å²) >= 11 is 0. The summed E-state index contributed by atoms with van der Waals surface area (Å²) in [6.45, 7) is 3.86. The molecular weight excluding hydrogens is 190 g/mol. The highest BCUT2D eigenvalue weighted by Crippen LogP contribution is 2.42. The summed E-state index contributed by atoms with van der Waals surface area (Å²) in [6, 6.07) is 0. The molecular formula is C10H11F2O2. The van der Waals surface area contributed by atoms with E-state index in [0.717, 1.165) is 5.57 Å². The van der Waals surface area contributed by atoms with Crippen molar-refractivity contribution in [1.82, 2.24) is 0 Å². The number of halogens is 2. The molecule has 1 radical (unpaired) electrons. The molecule has 0 spiro atoms. The van der Waals surface area contributed by atoms with Gasteiger partial charge in [-0.1, -0.05) is 19.9 Å². The zero-order valence-electron chi connectivity index (χ0n) is 8.01. The highest BCUT2D eigenvalue weighted by molar-refractivity contribution is 5.39. The lowest BCUT2D eigenvalue weighted by Crippen LogP contribution is -2.17. The molecule has 0 amide bonds. The van der Waals surface area contributed by atoms with Gasteiger partial charge in [-0.25, -0.2) is 0 Å². The van der Waals surface area contributed by atoms with Gasteiger partial charge in [-0.2, -0.15) is 0 Å². The van der Waals surface area contributed by atoms with Crippen LogP contribution in [0, 0.1) is 12.3 Å². The number of hydrogen-bond acceptors (Lipinski definition) is 2. The number of rotatable bonds is 1. The molecule has 1 aliphatic heterocycles. The standard InChI is InChI=1S/C10H11F2O2/c1-6(2)7-4-3-5-8-9(7)14-10(11,12)13-8/h4-6H,3H2,1-2H3. The Labute approximate surface area is 81.2 Å². The van der Waals surface area contributed by atoms with Crippen LogP contribution in [-0.2, 0) is 9.47 Å². The molecule has 0 saturated carbocycles. The Balaban J connectivity index is 2.28.